The Morgan fingerprint density at radius 3 is 2.24 bits per heavy atom. The molecular weight excluding hydrogens is 243 g/mol. The molecule has 0 aliphatic carbocycles. The lowest BCUT2D eigenvalue weighted by Crippen LogP contribution is -1.95. The van der Waals surface area contributed by atoms with Crippen molar-refractivity contribution in [2.75, 3.05) is 0 Å². The molecule has 0 heterocycles. The lowest BCUT2D eigenvalue weighted by molar-refractivity contribution is 0.0697. The van der Waals surface area contributed by atoms with Crippen molar-refractivity contribution in [2.45, 2.75) is 0 Å². The second kappa shape index (κ2) is 4.55. The average Bonchev–Trinajstić information content (AvgIpc) is 2.28. The van der Waals surface area contributed by atoms with Gasteiger partial charge in [-0.1, -0.05) is 23.7 Å². The summed E-state index contributed by atoms with van der Waals surface area (Å²) < 4.78 is 13.1. The van der Waals surface area contributed by atoms with E-state index in [4.69, 9.17) is 16.7 Å². The van der Waals surface area contributed by atoms with E-state index in [0.717, 1.165) is 5.56 Å². The molecule has 0 bridgehead atoms. The Morgan fingerprint density at radius 1 is 1.06 bits per heavy atom. The zero-order chi connectivity index (χ0) is 12.4. The molecule has 2 nitrogen and oxygen atoms in total. The number of hydrogen-bond acceptors (Lipinski definition) is 1. The molecule has 2 aromatic carbocycles. The van der Waals surface area contributed by atoms with Gasteiger partial charge in [-0.05, 0) is 41.5 Å². The minimum atomic E-state index is -0.992. The summed E-state index contributed by atoms with van der Waals surface area (Å²) in [5.74, 6) is -1.41. The van der Waals surface area contributed by atoms with Crippen LogP contribution in [0.4, 0.5) is 4.39 Å². The van der Waals surface area contributed by atoms with Gasteiger partial charge in [0.25, 0.3) is 0 Å². The van der Waals surface area contributed by atoms with Crippen molar-refractivity contribution >= 4 is 17.6 Å². The van der Waals surface area contributed by atoms with Crippen LogP contribution in [0.25, 0.3) is 11.1 Å². The van der Waals surface area contributed by atoms with E-state index in [1.807, 2.05) is 0 Å². The normalized spacial score (nSPS) is 10.2. The number of carbonyl (C=O) groups is 1. The molecule has 2 rings (SSSR count). The molecule has 86 valence electrons. The summed E-state index contributed by atoms with van der Waals surface area (Å²) in [6.07, 6.45) is 0. The molecule has 0 saturated carbocycles. The zero-order valence-corrected chi connectivity index (χ0v) is 9.41. The van der Waals surface area contributed by atoms with Gasteiger partial charge in [-0.2, -0.15) is 0 Å². The third kappa shape index (κ3) is 2.63. The Labute approximate surface area is 102 Å². The number of benzene rings is 2. The van der Waals surface area contributed by atoms with Gasteiger partial charge >= 0.3 is 5.97 Å². The maximum atomic E-state index is 13.1. The highest BCUT2D eigenvalue weighted by molar-refractivity contribution is 6.30. The standard InChI is InChI=1S/C13H8ClFO2/c14-11-5-10(6-12(15)7-11)8-1-3-9(4-2-8)13(16)17/h1-7H,(H,16,17). The molecule has 17 heavy (non-hydrogen) atoms. The van der Waals surface area contributed by atoms with Gasteiger partial charge in [-0.25, -0.2) is 9.18 Å². The molecular formula is C13H8ClFO2. The third-order valence-corrected chi connectivity index (χ3v) is 2.55. The van der Waals surface area contributed by atoms with Gasteiger partial charge in [-0.15, -0.1) is 0 Å². The van der Waals surface area contributed by atoms with Gasteiger partial charge in [0.15, 0.2) is 0 Å². The molecule has 0 aromatic heterocycles. The highest BCUT2D eigenvalue weighted by Crippen LogP contribution is 2.24. The highest BCUT2D eigenvalue weighted by Gasteiger charge is 2.05. The molecule has 1 N–H and O–H groups in total. The van der Waals surface area contributed by atoms with E-state index in [2.05, 4.69) is 0 Å². The summed E-state index contributed by atoms with van der Waals surface area (Å²) in [6, 6.07) is 10.4. The van der Waals surface area contributed by atoms with Gasteiger partial charge in [0.1, 0.15) is 5.82 Å². The number of aromatic carboxylic acids is 1. The first-order valence-corrected chi connectivity index (χ1v) is 5.24. The maximum absolute atomic E-state index is 13.1. The number of rotatable bonds is 2. The van der Waals surface area contributed by atoms with E-state index in [9.17, 15) is 9.18 Å². The topological polar surface area (TPSA) is 37.3 Å². The van der Waals surface area contributed by atoms with Crippen LogP contribution in [0.1, 0.15) is 10.4 Å². The molecule has 0 amide bonds. The fourth-order valence-corrected chi connectivity index (χ4v) is 1.75. The van der Waals surface area contributed by atoms with Crippen LogP contribution in [0.3, 0.4) is 0 Å². The average molecular weight is 251 g/mol. The Balaban J connectivity index is 2.43. The van der Waals surface area contributed by atoms with E-state index < -0.39 is 11.8 Å². The van der Waals surface area contributed by atoms with Crippen molar-refractivity contribution in [3.8, 4) is 11.1 Å². The van der Waals surface area contributed by atoms with E-state index in [1.165, 1.54) is 24.3 Å². The second-order valence-corrected chi connectivity index (χ2v) is 3.98. The number of halogens is 2. The molecule has 0 aliphatic rings. The highest BCUT2D eigenvalue weighted by atomic mass is 35.5. The Kier molecular flexibility index (Phi) is 3.11. The summed E-state index contributed by atoms with van der Waals surface area (Å²) in [6.45, 7) is 0. The molecule has 0 unspecified atom stereocenters. The van der Waals surface area contributed by atoms with Crippen LogP contribution in [0.5, 0.6) is 0 Å². The number of carboxylic acids is 1. The molecule has 0 spiro atoms. The molecule has 0 saturated heterocycles. The van der Waals surface area contributed by atoms with Crippen LogP contribution in [0.15, 0.2) is 42.5 Å². The van der Waals surface area contributed by atoms with Gasteiger partial charge in [0.2, 0.25) is 0 Å². The van der Waals surface area contributed by atoms with Crippen LogP contribution in [0, 0.1) is 5.82 Å². The van der Waals surface area contributed by atoms with Gasteiger partial charge in [-0.3, -0.25) is 0 Å². The SMILES string of the molecule is O=C(O)c1ccc(-c2cc(F)cc(Cl)c2)cc1. The van der Waals surface area contributed by atoms with Crippen molar-refractivity contribution in [3.63, 3.8) is 0 Å². The molecule has 2 aromatic rings. The van der Waals surface area contributed by atoms with Crippen molar-refractivity contribution in [2.24, 2.45) is 0 Å². The molecule has 0 aliphatic heterocycles. The first-order chi connectivity index (χ1) is 8.06. The van der Waals surface area contributed by atoms with Crippen LogP contribution in [-0.4, -0.2) is 11.1 Å². The summed E-state index contributed by atoms with van der Waals surface area (Å²) in [7, 11) is 0. The zero-order valence-electron chi connectivity index (χ0n) is 8.65. The van der Waals surface area contributed by atoms with Crippen LogP contribution in [0.2, 0.25) is 5.02 Å². The van der Waals surface area contributed by atoms with Crippen LogP contribution in [-0.2, 0) is 0 Å². The Morgan fingerprint density at radius 2 is 1.71 bits per heavy atom. The number of hydrogen-bond donors (Lipinski definition) is 1. The predicted molar refractivity (Wildman–Crippen MR) is 63.8 cm³/mol. The van der Waals surface area contributed by atoms with E-state index >= 15 is 0 Å². The first-order valence-electron chi connectivity index (χ1n) is 4.86. The van der Waals surface area contributed by atoms with Gasteiger partial charge < -0.3 is 5.11 Å². The van der Waals surface area contributed by atoms with E-state index in [1.54, 1.807) is 18.2 Å². The smallest absolute Gasteiger partial charge is 0.335 e. The predicted octanol–water partition coefficient (Wildman–Crippen LogP) is 3.84. The summed E-state index contributed by atoms with van der Waals surface area (Å²) >= 11 is 5.75. The molecule has 0 radical (unpaired) electrons. The minimum absolute atomic E-state index is 0.191. The van der Waals surface area contributed by atoms with Crippen LogP contribution < -0.4 is 0 Å². The molecule has 4 heteroatoms. The Hall–Kier alpha value is -1.87. The summed E-state index contributed by atoms with van der Waals surface area (Å²) in [5, 5.41) is 9.06. The maximum Gasteiger partial charge on any atom is 0.335 e. The monoisotopic (exact) mass is 250 g/mol. The lowest BCUT2D eigenvalue weighted by atomic mass is 10.0. The largest absolute Gasteiger partial charge is 0.478 e. The minimum Gasteiger partial charge on any atom is -0.478 e. The lowest BCUT2D eigenvalue weighted by Gasteiger charge is -2.03. The van der Waals surface area contributed by atoms with Gasteiger partial charge in [0.05, 0.1) is 5.56 Å². The molecule has 0 atom stereocenters. The first kappa shape index (κ1) is 11.6. The van der Waals surface area contributed by atoms with Crippen molar-refractivity contribution < 1.29 is 14.3 Å². The fraction of sp³-hybridized carbons (Fsp3) is 0. The summed E-state index contributed by atoms with van der Waals surface area (Å²) in [5.41, 5.74) is 1.53. The Bertz CT molecular complexity index is 544. The quantitative estimate of drug-likeness (QED) is 0.879. The van der Waals surface area contributed by atoms with E-state index in [-0.39, 0.29) is 5.56 Å². The van der Waals surface area contributed by atoms with Crippen LogP contribution >= 0.6 is 11.6 Å². The fourth-order valence-electron chi connectivity index (χ4n) is 1.53. The number of carboxylic acid groups (broad SMARTS) is 1. The van der Waals surface area contributed by atoms with Crippen molar-refractivity contribution in [3.05, 3.63) is 58.9 Å². The molecule has 0 fully saturated rings. The van der Waals surface area contributed by atoms with Crippen molar-refractivity contribution in [1.82, 2.24) is 0 Å². The van der Waals surface area contributed by atoms with Crippen molar-refractivity contribution in [1.29, 1.82) is 0 Å². The van der Waals surface area contributed by atoms with Gasteiger partial charge in [0, 0.05) is 5.02 Å². The summed E-state index contributed by atoms with van der Waals surface area (Å²) in [4.78, 5) is 10.7. The second-order valence-electron chi connectivity index (χ2n) is 3.54. The van der Waals surface area contributed by atoms with E-state index in [0.29, 0.717) is 10.6 Å². The third-order valence-electron chi connectivity index (χ3n) is 2.33.